The number of piperazine rings is 1. The van der Waals surface area contributed by atoms with Gasteiger partial charge >= 0.3 is 0 Å². The molecule has 0 saturated carbocycles. The molecule has 0 aromatic heterocycles. The third-order valence-corrected chi connectivity index (χ3v) is 7.01. The van der Waals surface area contributed by atoms with E-state index in [0.717, 1.165) is 5.56 Å². The monoisotopic (exact) mass is 449 g/mol. The molecule has 0 atom stereocenters. The van der Waals surface area contributed by atoms with Crippen molar-refractivity contribution in [2.45, 2.75) is 12.2 Å². The molecule has 3 rings (SSSR count). The molecule has 1 heterocycles. The van der Waals surface area contributed by atoms with Gasteiger partial charge in [-0.05, 0) is 29.8 Å². The highest BCUT2D eigenvalue weighted by Gasteiger charge is 2.28. The smallest absolute Gasteiger partial charge is 0.251 e. The van der Waals surface area contributed by atoms with Crippen LogP contribution in [0.15, 0.2) is 54.6 Å². The van der Waals surface area contributed by atoms with Crippen molar-refractivity contribution in [2.75, 3.05) is 32.7 Å². The number of benzene rings is 2. The van der Waals surface area contributed by atoms with E-state index in [2.05, 4.69) is 5.32 Å². The fourth-order valence-corrected chi connectivity index (χ4v) is 4.88. The number of amides is 2. The molecule has 0 bridgehead atoms. The van der Waals surface area contributed by atoms with Gasteiger partial charge in [0, 0.05) is 49.7 Å². The van der Waals surface area contributed by atoms with Crippen LogP contribution in [0.1, 0.15) is 22.3 Å². The lowest BCUT2D eigenvalue weighted by atomic mass is 10.2. The van der Waals surface area contributed by atoms with Crippen LogP contribution in [-0.2, 0) is 20.6 Å². The molecule has 9 heteroatoms. The summed E-state index contributed by atoms with van der Waals surface area (Å²) in [4.78, 5) is 26.1. The second-order valence-corrected chi connectivity index (χ2v) is 9.44. The molecule has 1 aliphatic rings. The number of halogens is 1. The Morgan fingerprint density at radius 3 is 2.20 bits per heavy atom. The highest BCUT2D eigenvalue weighted by atomic mass is 35.5. The zero-order valence-electron chi connectivity index (χ0n) is 16.5. The van der Waals surface area contributed by atoms with Gasteiger partial charge in [-0.3, -0.25) is 9.59 Å². The number of sulfonamides is 1. The highest BCUT2D eigenvalue weighted by molar-refractivity contribution is 7.88. The summed E-state index contributed by atoms with van der Waals surface area (Å²) < 4.78 is 26.6. The van der Waals surface area contributed by atoms with E-state index in [1.165, 1.54) is 4.31 Å². The van der Waals surface area contributed by atoms with Crippen LogP contribution in [0.4, 0.5) is 0 Å². The van der Waals surface area contributed by atoms with Gasteiger partial charge in [-0.1, -0.05) is 41.9 Å². The first-order valence-electron chi connectivity index (χ1n) is 9.68. The Bertz CT molecular complexity index is 973. The Labute approximate surface area is 181 Å². The van der Waals surface area contributed by atoms with Crippen molar-refractivity contribution in [1.29, 1.82) is 0 Å². The van der Waals surface area contributed by atoms with Crippen molar-refractivity contribution < 1.29 is 18.0 Å². The Morgan fingerprint density at radius 2 is 1.57 bits per heavy atom. The van der Waals surface area contributed by atoms with Crippen molar-refractivity contribution >= 4 is 33.4 Å². The molecule has 2 amide bonds. The van der Waals surface area contributed by atoms with Crippen LogP contribution in [0.3, 0.4) is 0 Å². The summed E-state index contributed by atoms with van der Waals surface area (Å²) in [5.41, 5.74) is 1.22. The summed E-state index contributed by atoms with van der Waals surface area (Å²) in [5, 5.41) is 3.26. The molecule has 1 fully saturated rings. The van der Waals surface area contributed by atoms with Crippen LogP contribution in [-0.4, -0.2) is 62.2 Å². The summed E-state index contributed by atoms with van der Waals surface area (Å²) >= 11 is 5.80. The van der Waals surface area contributed by atoms with E-state index in [0.29, 0.717) is 23.7 Å². The zero-order chi connectivity index (χ0) is 21.6. The van der Waals surface area contributed by atoms with E-state index < -0.39 is 10.0 Å². The third kappa shape index (κ3) is 6.04. The average molecular weight is 450 g/mol. The van der Waals surface area contributed by atoms with Gasteiger partial charge in [0.2, 0.25) is 15.9 Å². The van der Waals surface area contributed by atoms with Crippen molar-refractivity contribution in [3.05, 3.63) is 70.7 Å². The largest absolute Gasteiger partial charge is 0.352 e. The fraction of sp³-hybridized carbons (Fsp3) is 0.333. The lowest BCUT2D eigenvalue weighted by Crippen LogP contribution is -2.51. The van der Waals surface area contributed by atoms with Crippen molar-refractivity contribution in [3.8, 4) is 0 Å². The maximum absolute atomic E-state index is 12.6. The molecule has 160 valence electrons. The maximum Gasteiger partial charge on any atom is 0.251 e. The highest BCUT2D eigenvalue weighted by Crippen LogP contribution is 2.14. The molecule has 2 aromatic rings. The van der Waals surface area contributed by atoms with Crippen LogP contribution in [0.2, 0.25) is 5.02 Å². The predicted octanol–water partition coefficient (Wildman–Crippen LogP) is 2.13. The molecule has 1 saturated heterocycles. The first-order valence-corrected chi connectivity index (χ1v) is 11.7. The molecule has 30 heavy (non-hydrogen) atoms. The van der Waals surface area contributed by atoms with Gasteiger partial charge in [0.25, 0.3) is 5.91 Å². The minimum absolute atomic E-state index is 0.0431. The van der Waals surface area contributed by atoms with E-state index >= 15 is 0 Å². The summed E-state index contributed by atoms with van der Waals surface area (Å²) in [6.07, 6.45) is 0.163. The van der Waals surface area contributed by atoms with E-state index in [-0.39, 0.29) is 43.6 Å². The third-order valence-electron chi connectivity index (χ3n) is 4.91. The molecule has 2 aromatic carbocycles. The minimum atomic E-state index is -3.42. The second-order valence-electron chi connectivity index (χ2n) is 7.03. The molecular weight excluding hydrogens is 426 g/mol. The van der Waals surface area contributed by atoms with Crippen LogP contribution < -0.4 is 5.32 Å². The Balaban J connectivity index is 1.42. The van der Waals surface area contributed by atoms with Gasteiger partial charge in [-0.2, -0.15) is 4.31 Å². The molecule has 1 aliphatic heterocycles. The Kier molecular flexibility index (Phi) is 7.47. The van der Waals surface area contributed by atoms with Gasteiger partial charge < -0.3 is 10.2 Å². The first kappa shape index (κ1) is 22.3. The average Bonchev–Trinajstić information content (AvgIpc) is 2.74. The number of hydrogen-bond donors (Lipinski definition) is 1. The summed E-state index contributed by atoms with van der Waals surface area (Å²) in [5.74, 6) is -0.416. The topological polar surface area (TPSA) is 86.8 Å². The number of carbonyl (C=O) groups excluding carboxylic acids is 2. The maximum atomic E-state index is 12.6. The van der Waals surface area contributed by atoms with Crippen LogP contribution in [0, 0.1) is 0 Å². The molecular formula is C21H24ClN3O4S. The van der Waals surface area contributed by atoms with Gasteiger partial charge in [-0.25, -0.2) is 8.42 Å². The number of carbonyl (C=O) groups is 2. The molecule has 7 nitrogen and oxygen atoms in total. The van der Waals surface area contributed by atoms with Crippen molar-refractivity contribution in [1.82, 2.24) is 14.5 Å². The molecule has 1 N–H and O–H groups in total. The Hall–Kier alpha value is -2.42. The van der Waals surface area contributed by atoms with E-state index in [4.69, 9.17) is 11.6 Å². The van der Waals surface area contributed by atoms with Gasteiger partial charge in [0.1, 0.15) is 0 Å². The SMILES string of the molecule is O=C(NCCC(=O)N1CCN(S(=O)(=O)Cc2ccccc2)CC1)c1ccc(Cl)cc1. The summed E-state index contributed by atoms with van der Waals surface area (Å²) in [6, 6.07) is 15.5. The van der Waals surface area contributed by atoms with Crippen LogP contribution >= 0.6 is 11.6 Å². The quantitative estimate of drug-likeness (QED) is 0.701. The standard InChI is InChI=1S/C21H24ClN3O4S/c22-19-8-6-18(7-9-19)21(27)23-11-10-20(26)24-12-14-25(15-13-24)30(28,29)16-17-4-2-1-3-5-17/h1-9H,10-16H2,(H,23,27). The lowest BCUT2D eigenvalue weighted by Gasteiger charge is -2.34. The van der Waals surface area contributed by atoms with Crippen LogP contribution in [0.5, 0.6) is 0 Å². The van der Waals surface area contributed by atoms with Crippen molar-refractivity contribution in [3.63, 3.8) is 0 Å². The zero-order valence-corrected chi connectivity index (χ0v) is 18.0. The number of nitrogens with zero attached hydrogens (tertiary/aromatic N) is 2. The number of hydrogen-bond acceptors (Lipinski definition) is 4. The number of nitrogens with one attached hydrogen (secondary N) is 1. The minimum Gasteiger partial charge on any atom is -0.352 e. The van der Waals surface area contributed by atoms with Crippen molar-refractivity contribution in [2.24, 2.45) is 0 Å². The molecule has 0 aliphatic carbocycles. The predicted molar refractivity (Wildman–Crippen MR) is 116 cm³/mol. The number of rotatable bonds is 7. The van der Waals surface area contributed by atoms with Gasteiger partial charge in [-0.15, -0.1) is 0 Å². The van der Waals surface area contributed by atoms with E-state index in [1.807, 2.05) is 18.2 Å². The fourth-order valence-electron chi connectivity index (χ4n) is 3.24. The Morgan fingerprint density at radius 1 is 0.933 bits per heavy atom. The second kappa shape index (κ2) is 10.1. The molecule has 0 radical (unpaired) electrons. The lowest BCUT2D eigenvalue weighted by molar-refractivity contribution is -0.132. The van der Waals surface area contributed by atoms with Gasteiger partial charge in [0.15, 0.2) is 0 Å². The molecule has 0 spiro atoms. The summed E-state index contributed by atoms with van der Waals surface area (Å²) in [6.45, 7) is 1.46. The van der Waals surface area contributed by atoms with E-state index in [1.54, 1.807) is 41.3 Å². The van der Waals surface area contributed by atoms with Gasteiger partial charge in [0.05, 0.1) is 5.75 Å². The normalized spacial score (nSPS) is 15.0. The van der Waals surface area contributed by atoms with E-state index in [9.17, 15) is 18.0 Å². The molecule has 0 unspecified atom stereocenters. The van der Waals surface area contributed by atoms with Crippen LogP contribution in [0.25, 0.3) is 0 Å². The summed E-state index contributed by atoms with van der Waals surface area (Å²) in [7, 11) is -3.42. The first-order chi connectivity index (χ1) is 14.3.